The minimum Gasteiger partial charge on any atom is -0.375 e. The first-order valence-corrected chi connectivity index (χ1v) is 9.76. The molecule has 0 heterocycles. The predicted molar refractivity (Wildman–Crippen MR) is 115 cm³/mol. The summed E-state index contributed by atoms with van der Waals surface area (Å²) < 4.78 is 13.6. The van der Waals surface area contributed by atoms with Crippen LogP contribution in [0.3, 0.4) is 0 Å². The summed E-state index contributed by atoms with van der Waals surface area (Å²) in [6.45, 7) is 0. The molecular formula is C20H18ClFN4OS. The molecule has 0 fully saturated rings. The highest BCUT2D eigenvalue weighted by Crippen LogP contribution is 2.17. The molecule has 0 aliphatic heterocycles. The standard InChI is InChI=1S/C20H18ClFN4OS/c21-14-4-3-5-17(12-14)25-26-28-13-23-15-8-10-16(11-9-15)24-20(27)18-6-1-2-7-19(18)22/h1-12,23,25-26H,13H2,(H,24,27). The molecule has 4 N–H and O–H groups in total. The summed E-state index contributed by atoms with van der Waals surface area (Å²) in [5.74, 6) is -0.422. The van der Waals surface area contributed by atoms with Gasteiger partial charge in [0, 0.05) is 16.4 Å². The van der Waals surface area contributed by atoms with Gasteiger partial charge in [-0.05, 0) is 66.5 Å². The molecule has 8 heteroatoms. The van der Waals surface area contributed by atoms with Crippen LogP contribution in [0.25, 0.3) is 0 Å². The molecule has 1 amide bonds. The second-order valence-corrected chi connectivity index (χ2v) is 6.93. The fraction of sp³-hybridized carbons (Fsp3) is 0.0500. The van der Waals surface area contributed by atoms with Crippen molar-refractivity contribution >= 4 is 46.5 Å². The van der Waals surface area contributed by atoms with Crippen LogP contribution in [0.15, 0.2) is 72.8 Å². The molecule has 0 atom stereocenters. The number of carbonyl (C=O) groups is 1. The van der Waals surface area contributed by atoms with Crippen LogP contribution in [0.5, 0.6) is 0 Å². The van der Waals surface area contributed by atoms with E-state index in [1.165, 1.54) is 24.1 Å². The molecule has 3 aromatic rings. The number of hydrazine groups is 1. The molecule has 28 heavy (non-hydrogen) atoms. The number of rotatable bonds is 8. The smallest absolute Gasteiger partial charge is 0.258 e. The predicted octanol–water partition coefficient (Wildman–Crippen LogP) is 5.37. The quantitative estimate of drug-likeness (QED) is 0.172. The summed E-state index contributed by atoms with van der Waals surface area (Å²) in [6, 6.07) is 20.4. The fourth-order valence-corrected chi connectivity index (χ4v) is 3.02. The second-order valence-electron chi connectivity index (χ2n) is 5.71. The number of hydrogen-bond acceptors (Lipinski definition) is 5. The van der Waals surface area contributed by atoms with Gasteiger partial charge in [0.1, 0.15) is 5.82 Å². The summed E-state index contributed by atoms with van der Waals surface area (Å²) in [7, 11) is 0. The van der Waals surface area contributed by atoms with E-state index in [1.54, 1.807) is 24.3 Å². The third-order valence-electron chi connectivity index (χ3n) is 3.70. The molecule has 0 aromatic heterocycles. The molecule has 144 valence electrons. The average Bonchev–Trinajstić information content (AvgIpc) is 2.69. The monoisotopic (exact) mass is 416 g/mol. The fourth-order valence-electron chi connectivity index (χ4n) is 2.33. The molecule has 0 aliphatic carbocycles. The zero-order valence-corrected chi connectivity index (χ0v) is 16.3. The van der Waals surface area contributed by atoms with Gasteiger partial charge in [0.15, 0.2) is 0 Å². The van der Waals surface area contributed by atoms with Crippen LogP contribution in [0.2, 0.25) is 5.02 Å². The number of amides is 1. The van der Waals surface area contributed by atoms with E-state index in [0.29, 0.717) is 16.6 Å². The van der Waals surface area contributed by atoms with Gasteiger partial charge in [0.25, 0.3) is 5.91 Å². The van der Waals surface area contributed by atoms with E-state index in [9.17, 15) is 9.18 Å². The van der Waals surface area contributed by atoms with E-state index >= 15 is 0 Å². The first-order chi connectivity index (χ1) is 13.6. The Morgan fingerprint density at radius 2 is 1.68 bits per heavy atom. The number of carbonyl (C=O) groups excluding carboxylic acids is 1. The van der Waals surface area contributed by atoms with Gasteiger partial charge in [0.2, 0.25) is 0 Å². The van der Waals surface area contributed by atoms with E-state index in [1.807, 2.05) is 36.4 Å². The van der Waals surface area contributed by atoms with Crippen LogP contribution >= 0.6 is 23.5 Å². The Morgan fingerprint density at radius 1 is 0.929 bits per heavy atom. The third kappa shape index (κ3) is 5.88. The highest BCUT2D eigenvalue weighted by Gasteiger charge is 2.10. The van der Waals surface area contributed by atoms with E-state index in [-0.39, 0.29) is 5.56 Å². The Bertz CT molecular complexity index is 939. The molecule has 0 radical (unpaired) electrons. The van der Waals surface area contributed by atoms with Gasteiger partial charge in [-0.25, -0.2) is 4.39 Å². The van der Waals surface area contributed by atoms with Crippen molar-refractivity contribution in [3.8, 4) is 0 Å². The molecule has 5 nitrogen and oxygen atoms in total. The van der Waals surface area contributed by atoms with Gasteiger partial charge in [-0.1, -0.05) is 29.8 Å². The van der Waals surface area contributed by atoms with Crippen molar-refractivity contribution in [2.75, 3.05) is 21.9 Å². The Kier molecular flexibility index (Phi) is 7.13. The van der Waals surface area contributed by atoms with Gasteiger partial charge in [-0.3, -0.25) is 4.79 Å². The molecule has 3 aromatic carbocycles. The Hall–Kier alpha value is -2.74. The van der Waals surface area contributed by atoms with Crippen molar-refractivity contribution in [3.05, 3.63) is 89.2 Å². The van der Waals surface area contributed by atoms with Crippen molar-refractivity contribution < 1.29 is 9.18 Å². The van der Waals surface area contributed by atoms with Crippen molar-refractivity contribution in [1.82, 2.24) is 4.83 Å². The molecule has 3 rings (SSSR count). The first kappa shape index (κ1) is 20.0. The maximum Gasteiger partial charge on any atom is 0.258 e. The number of halogens is 2. The van der Waals surface area contributed by atoms with Gasteiger partial charge in [-0.15, -0.1) is 0 Å². The molecule has 0 saturated carbocycles. The SMILES string of the molecule is O=C(Nc1ccc(NCSNNc2cccc(Cl)c2)cc1)c1ccccc1F. The molecule has 0 aliphatic rings. The molecule has 0 saturated heterocycles. The molecule has 0 spiro atoms. The minimum atomic E-state index is -0.547. The van der Waals surface area contributed by atoms with E-state index < -0.39 is 11.7 Å². The van der Waals surface area contributed by atoms with Crippen LogP contribution in [-0.2, 0) is 0 Å². The van der Waals surface area contributed by atoms with Crippen LogP contribution in [0.4, 0.5) is 21.5 Å². The van der Waals surface area contributed by atoms with Crippen molar-refractivity contribution in [2.24, 2.45) is 0 Å². The highest BCUT2D eigenvalue weighted by molar-refractivity contribution is 7.97. The maximum absolute atomic E-state index is 13.6. The number of anilines is 3. The van der Waals surface area contributed by atoms with Gasteiger partial charge < -0.3 is 16.1 Å². The van der Waals surface area contributed by atoms with Crippen molar-refractivity contribution in [3.63, 3.8) is 0 Å². The average molecular weight is 417 g/mol. The van der Waals surface area contributed by atoms with Crippen LogP contribution in [0, 0.1) is 5.82 Å². The normalized spacial score (nSPS) is 10.4. The lowest BCUT2D eigenvalue weighted by molar-refractivity contribution is 0.102. The van der Waals surface area contributed by atoms with Gasteiger partial charge in [0.05, 0.1) is 17.1 Å². The summed E-state index contributed by atoms with van der Waals surface area (Å²) in [6.07, 6.45) is 0. The van der Waals surface area contributed by atoms with E-state index in [0.717, 1.165) is 11.4 Å². The lowest BCUT2D eigenvalue weighted by Crippen LogP contribution is -2.15. The Morgan fingerprint density at radius 3 is 2.43 bits per heavy atom. The number of nitrogens with one attached hydrogen (secondary N) is 4. The molecular weight excluding hydrogens is 399 g/mol. The summed E-state index contributed by atoms with van der Waals surface area (Å²) in [5.41, 5.74) is 5.40. The number of hydrogen-bond donors (Lipinski definition) is 4. The summed E-state index contributed by atoms with van der Waals surface area (Å²) in [4.78, 5) is 15.1. The van der Waals surface area contributed by atoms with Crippen LogP contribution < -0.4 is 20.9 Å². The van der Waals surface area contributed by atoms with Gasteiger partial charge >= 0.3 is 0 Å². The number of benzene rings is 3. The minimum absolute atomic E-state index is 0.0133. The van der Waals surface area contributed by atoms with E-state index in [2.05, 4.69) is 20.9 Å². The lowest BCUT2D eigenvalue weighted by Gasteiger charge is -2.10. The summed E-state index contributed by atoms with van der Waals surface area (Å²) >= 11 is 7.36. The van der Waals surface area contributed by atoms with Crippen LogP contribution in [-0.4, -0.2) is 11.8 Å². The van der Waals surface area contributed by atoms with E-state index in [4.69, 9.17) is 11.6 Å². The first-order valence-electron chi connectivity index (χ1n) is 8.40. The lowest BCUT2D eigenvalue weighted by atomic mass is 10.2. The van der Waals surface area contributed by atoms with Crippen molar-refractivity contribution in [2.45, 2.75) is 0 Å². The van der Waals surface area contributed by atoms with Crippen molar-refractivity contribution in [1.29, 1.82) is 0 Å². The largest absolute Gasteiger partial charge is 0.375 e. The topological polar surface area (TPSA) is 65.2 Å². The second kappa shape index (κ2) is 9.98. The van der Waals surface area contributed by atoms with Gasteiger partial charge in [-0.2, -0.15) is 4.83 Å². The Balaban J connectivity index is 1.42. The maximum atomic E-state index is 13.6. The zero-order chi connectivity index (χ0) is 19.8. The Labute approximate surface area is 171 Å². The zero-order valence-electron chi connectivity index (χ0n) is 14.7. The summed E-state index contributed by atoms with van der Waals surface area (Å²) in [5, 5.41) is 6.57. The molecule has 0 unspecified atom stereocenters. The molecule has 0 bridgehead atoms. The highest BCUT2D eigenvalue weighted by atomic mass is 35.5. The third-order valence-corrected chi connectivity index (χ3v) is 4.47. The van der Waals surface area contributed by atoms with Crippen LogP contribution in [0.1, 0.15) is 10.4 Å².